The van der Waals surface area contributed by atoms with Gasteiger partial charge in [0.25, 0.3) is 0 Å². The zero-order valence-electron chi connectivity index (χ0n) is 12.0. The van der Waals surface area contributed by atoms with Crippen molar-refractivity contribution in [3.63, 3.8) is 0 Å². The zero-order valence-corrected chi connectivity index (χ0v) is 12.8. The van der Waals surface area contributed by atoms with E-state index in [0.717, 1.165) is 18.5 Å². The van der Waals surface area contributed by atoms with Crippen molar-refractivity contribution < 1.29 is 9.59 Å². The summed E-state index contributed by atoms with van der Waals surface area (Å²) in [4.78, 5) is 25.4. The van der Waals surface area contributed by atoms with Crippen molar-refractivity contribution in [2.45, 2.75) is 25.3 Å². The van der Waals surface area contributed by atoms with Crippen LogP contribution in [0.3, 0.4) is 0 Å². The standard InChI is InChI=1S/C15H21N3O2.ClH/c16-9-8-14(19)17-13(12-5-2-1-3-6-12)11-18-10-4-7-15(18)20;/h1-3,5-6,13H,4,7-11,16H2,(H,17,19);1H. The molecule has 0 bridgehead atoms. The zero-order chi connectivity index (χ0) is 14.4. The highest BCUT2D eigenvalue weighted by molar-refractivity contribution is 5.85. The molecule has 1 aromatic carbocycles. The Balaban J connectivity index is 0.00000220. The molecule has 0 radical (unpaired) electrons. The molecule has 1 aliphatic heterocycles. The quantitative estimate of drug-likeness (QED) is 0.830. The molecule has 3 N–H and O–H groups in total. The predicted octanol–water partition coefficient (Wildman–Crippen LogP) is 1.24. The highest BCUT2D eigenvalue weighted by atomic mass is 35.5. The number of benzene rings is 1. The summed E-state index contributed by atoms with van der Waals surface area (Å²) in [7, 11) is 0. The fourth-order valence-electron chi connectivity index (χ4n) is 2.43. The number of nitrogens with zero attached hydrogens (tertiary/aromatic N) is 1. The monoisotopic (exact) mass is 311 g/mol. The minimum absolute atomic E-state index is 0. The van der Waals surface area contributed by atoms with Gasteiger partial charge in [0, 0.05) is 32.5 Å². The van der Waals surface area contributed by atoms with Crippen molar-refractivity contribution in [3.8, 4) is 0 Å². The fraction of sp³-hybridized carbons (Fsp3) is 0.467. The van der Waals surface area contributed by atoms with Crippen LogP contribution in [0.25, 0.3) is 0 Å². The average Bonchev–Trinajstić information content (AvgIpc) is 2.85. The van der Waals surface area contributed by atoms with E-state index in [4.69, 9.17) is 5.73 Å². The molecule has 116 valence electrons. The summed E-state index contributed by atoms with van der Waals surface area (Å²) in [5.74, 6) is 0.0898. The van der Waals surface area contributed by atoms with Gasteiger partial charge in [-0.25, -0.2) is 0 Å². The van der Waals surface area contributed by atoms with Gasteiger partial charge in [-0.2, -0.15) is 0 Å². The molecule has 1 heterocycles. The Bertz CT molecular complexity index is 467. The van der Waals surface area contributed by atoms with E-state index in [1.54, 1.807) is 0 Å². The molecule has 0 saturated carbocycles. The normalized spacial score (nSPS) is 15.5. The van der Waals surface area contributed by atoms with Crippen molar-refractivity contribution in [3.05, 3.63) is 35.9 Å². The van der Waals surface area contributed by atoms with Crippen LogP contribution < -0.4 is 11.1 Å². The lowest BCUT2D eigenvalue weighted by Gasteiger charge is -2.25. The summed E-state index contributed by atoms with van der Waals surface area (Å²) in [6.07, 6.45) is 1.81. The van der Waals surface area contributed by atoms with Crippen LogP contribution in [0.15, 0.2) is 30.3 Å². The Kier molecular flexibility index (Phi) is 7.19. The molecule has 0 aromatic heterocycles. The number of halogens is 1. The topological polar surface area (TPSA) is 75.4 Å². The summed E-state index contributed by atoms with van der Waals surface area (Å²) in [6.45, 7) is 1.63. The van der Waals surface area contributed by atoms with Crippen molar-refractivity contribution in [1.29, 1.82) is 0 Å². The lowest BCUT2D eigenvalue weighted by molar-refractivity contribution is -0.129. The number of carbonyl (C=O) groups is 2. The number of nitrogens with two attached hydrogens (primary N) is 1. The second-order valence-electron chi connectivity index (χ2n) is 5.01. The molecule has 2 amide bonds. The van der Waals surface area contributed by atoms with Gasteiger partial charge in [0.2, 0.25) is 11.8 Å². The first-order valence-corrected chi connectivity index (χ1v) is 7.03. The first kappa shape index (κ1) is 17.5. The first-order valence-electron chi connectivity index (χ1n) is 7.03. The molecule has 1 aromatic rings. The maximum atomic E-state index is 11.8. The molecule has 6 heteroatoms. The largest absolute Gasteiger partial charge is 0.347 e. The molecule has 1 saturated heterocycles. The number of hydrogen-bond donors (Lipinski definition) is 2. The van der Waals surface area contributed by atoms with Crippen molar-refractivity contribution in [2.75, 3.05) is 19.6 Å². The Morgan fingerprint density at radius 3 is 2.62 bits per heavy atom. The van der Waals surface area contributed by atoms with Gasteiger partial charge in [0.15, 0.2) is 0 Å². The van der Waals surface area contributed by atoms with Crippen LogP contribution in [-0.4, -0.2) is 36.3 Å². The second-order valence-corrected chi connectivity index (χ2v) is 5.01. The minimum Gasteiger partial charge on any atom is -0.347 e. The van der Waals surface area contributed by atoms with E-state index in [0.29, 0.717) is 25.9 Å². The third-order valence-corrected chi connectivity index (χ3v) is 3.48. The van der Waals surface area contributed by atoms with Gasteiger partial charge >= 0.3 is 0 Å². The number of amides is 2. The molecule has 2 rings (SSSR count). The van der Waals surface area contributed by atoms with E-state index < -0.39 is 0 Å². The highest BCUT2D eigenvalue weighted by Crippen LogP contribution is 2.18. The number of rotatable bonds is 6. The van der Waals surface area contributed by atoms with Crippen LogP contribution in [0.1, 0.15) is 30.9 Å². The lowest BCUT2D eigenvalue weighted by Crippen LogP contribution is -2.39. The second kappa shape index (κ2) is 8.64. The number of hydrogen-bond acceptors (Lipinski definition) is 3. The lowest BCUT2D eigenvalue weighted by atomic mass is 10.1. The molecule has 0 spiro atoms. The summed E-state index contributed by atoms with van der Waals surface area (Å²) in [5.41, 5.74) is 6.42. The fourth-order valence-corrected chi connectivity index (χ4v) is 2.43. The summed E-state index contributed by atoms with van der Waals surface area (Å²) < 4.78 is 0. The van der Waals surface area contributed by atoms with Gasteiger partial charge in [0.05, 0.1) is 6.04 Å². The van der Waals surface area contributed by atoms with E-state index in [1.807, 2.05) is 35.2 Å². The maximum Gasteiger partial charge on any atom is 0.222 e. The third kappa shape index (κ3) is 5.02. The van der Waals surface area contributed by atoms with Crippen molar-refractivity contribution >= 4 is 24.2 Å². The van der Waals surface area contributed by atoms with Gasteiger partial charge in [0.1, 0.15) is 0 Å². The Hall–Kier alpha value is -1.59. The van der Waals surface area contributed by atoms with E-state index in [9.17, 15) is 9.59 Å². The van der Waals surface area contributed by atoms with Gasteiger partial charge in [-0.1, -0.05) is 30.3 Å². The maximum absolute atomic E-state index is 11.8. The van der Waals surface area contributed by atoms with Crippen molar-refractivity contribution in [2.24, 2.45) is 5.73 Å². The van der Waals surface area contributed by atoms with E-state index >= 15 is 0 Å². The molecule has 21 heavy (non-hydrogen) atoms. The molecule has 0 aliphatic carbocycles. The van der Waals surface area contributed by atoms with Gasteiger partial charge in [-0.3, -0.25) is 9.59 Å². The van der Waals surface area contributed by atoms with Crippen LogP contribution in [0.2, 0.25) is 0 Å². The SMILES string of the molecule is Cl.NCCC(=O)NC(CN1CCCC1=O)c1ccccc1. The molecular formula is C15H22ClN3O2. The molecule has 1 fully saturated rings. The van der Waals surface area contributed by atoms with Crippen molar-refractivity contribution in [1.82, 2.24) is 10.2 Å². The summed E-state index contributed by atoms with van der Waals surface area (Å²) in [6, 6.07) is 9.56. The predicted molar refractivity (Wildman–Crippen MR) is 84.1 cm³/mol. The number of nitrogens with one attached hydrogen (secondary N) is 1. The van der Waals surface area contributed by atoms with E-state index in [-0.39, 0.29) is 30.3 Å². The third-order valence-electron chi connectivity index (χ3n) is 3.48. The van der Waals surface area contributed by atoms with E-state index in [2.05, 4.69) is 5.32 Å². The van der Waals surface area contributed by atoms with Gasteiger partial charge in [-0.05, 0) is 12.0 Å². The van der Waals surface area contributed by atoms with Gasteiger partial charge in [-0.15, -0.1) is 12.4 Å². The molecule has 1 atom stereocenters. The van der Waals surface area contributed by atoms with Crippen LogP contribution >= 0.6 is 12.4 Å². The first-order chi connectivity index (χ1) is 9.70. The number of likely N-dealkylation sites (tertiary alicyclic amines) is 1. The molecule has 1 aliphatic rings. The minimum atomic E-state index is -0.169. The Morgan fingerprint density at radius 2 is 2.05 bits per heavy atom. The Labute approximate surface area is 131 Å². The average molecular weight is 312 g/mol. The van der Waals surface area contributed by atoms with Crippen LogP contribution in [0.5, 0.6) is 0 Å². The molecular weight excluding hydrogens is 290 g/mol. The van der Waals surface area contributed by atoms with Gasteiger partial charge < -0.3 is 16.0 Å². The highest BCUT2D eigenvalue weighted by Gasteiger charge is 2.25. The van der Waals surface area contributed by atoms with E-state index in [1.165, 1.54) is 0 Å². The summed E-state index contributed by atoms with van der Waals surface area (Å²) >= 11 is 0. The Morgan fingerprint density at radius 1 is 1.33 bits per heavy atom. The van der Waals surface area contributed by atoms with Crippen LogP contribution in [-0.2, 0) is 9.59 Å². The van der Waals surface area contributed by atoms with Crippen LogP contribution in [0.4, 0.5) is 0 Å². The molecule has 1 unspecified atom stereocenters. The summed E-state index contributed by atoms with van der Waals surface area (Å²) in [5, 5.41) is 2.97. The number of carbonyl (C=O) groups excluding carboxylic acids is 2. The van der Waals surface area contributed by atoms with Crippen LogP contribution in [0, 0.1) is 0 Å². The smallest absolute Gasteiger partial charge is 0.222 e. The molecule has 5 nitrogen and oxygen atoms in total.